The van der Waals surface area contributed by atoms with E-state index in [1.807, 2.05) is 37.3 Å². The molecule has 2 rings (SSSR count). The lowest BCUT2D eigenvalue weighted by Crippen LogP contribution is -2.22. The van der Waals surface area contributed by atoms with Crippen LogP contribution in [0.1, 0.15) is 18.9 Å². The molecule has 0 amide bonds. The second-order valence-corrected chi connectivity index (χ2v) is 4.86. The summed E-state index contributed by atoms with van der Waals surface area (Å²) in [5, 5.41) is 13.7. The molecule has 0 spiro atoms. The molecular weight excluding hydrogens is 271 g/mol. The molecule has 0 aliphatic rings. The summed E-state index contributed by atoms with van der Waals surface area (Å²) in [5.41, 5.74) is 1.22. The van der Waals surface area contributed by atoms with E-state index < -0.39 is 10.7 Å². The normalized spacial score (nSPS) is 11.9. The van der Waals surface area contributed by atoms with Gasteiger partial charge in [-0.2, -0.15) is 0 Å². The Hall–Kier alpha value is -2.43. The van der Waals surface area contributed by atoms with E-state index in [0.29, 0.717) is 5.69 Å². The van der Waals surface area contributed by atoms with Crippen LogP contribution in [0.2, 0.25) is 0 Å². The Labute approximate surface area is 122 Å². The van der Waals surface area contributed by atoms with E-state index in [9.17, 15) is 14.5 Å². The van der Waals surface area contributed by atoms with Crippen molar-refractivity contribution in [2.45, 2.75) is 25.8 Å². The highest BCUT2D eigenvalue weighted by Crippen LogP contribution is 2.22. The number of nitrogens with zero attached hydrogens (tertiary/aromatic N) is 1. The van der Waals surface area contributed by atoms with E-state index in [1.54, 1.807) is 0 Å². The summed E-state index contributed by atoms with van der Waals surface area (Å²) >= 11 is 0. The van der Waals surface area contributed by atoms with Gasteiger partial charge in [-0.1, -0.05) is 37.3 Å². The first kappa shape index (κ1) is 15.0. The van der Waals surface area contributed by atoms with Crippen LogP contribution in [-0.4, -0.2) is 11.0 Å². The van der Waals surface area contributed by atoms with Crippen LogP contribution in [0.5, 0.6) is 0 Å². The van der Waals surface area contributed by atoms with Crippen molar-refractivity contribution in [3.8, 4) is 0 Å². The SMILES string of the molecule is CCC(Cc1ccccc1)Nc1ccc([N+](=O)[O-])cc1F. The third kappa shape index (κ3) is 4.02. The first-order valence-electron chi connectivity index (χ1n) is 6.84. The molecule has 1 unspecified atom stereocenters. The van der Waals surface area contributed by atoms with E-state index in [1.165, 1.54) is 17.7 Å². The largest absolute Gasteiger partial charge is 0.380 e. The highest BCUT2D eigenvalue weighted by molar-refractivity contribution is 5.50. The Bertz CT molecular complexity index is 617. The van der Waals surface area contributed by atoms with Gasteiger partial charge in [-0.05, 0) is 24.5 Å². The Morgan fingerprint density at radius 1 is 1.24 bits per heavy atom. The zero-order valence-electron chi connectivity index (χ0n) is 11.8. The minimum atomic E-state index is -0.603. The van der Waals surface area contributed by atoms with Crippen LogP contribution < -0.4 is 5.32 Å². The number of non-ortho nitro benzene ring substituents is 1. The minimum absolute atomic E-state index is 0.0726. The summed E-state index contributed by atoms with van der Waals surface area (Å²) in [7, 11) is 0. The van der Waals surface area contributed by atoms with Crippen LogP contribution >= 0.6 is 0 Å². The van der Waals surface area contributed by atoms with Gasteiger partial charge in [0.1, 0.15) is 0 Å². The number of nitro benzene ring substituents is 1. The minimum Gasteiger partial charge on any atom is -0.380 e. The summed E-state index contributed by atoms with van der Waals surface area (Å²) in [4.78, 5) is 10.00. The second-order valence-electron chi connectivity index (χ2n) is 4.86. The van der Waals surface area contributed by atoms with Crippen LogP contribution in [0.25, 0.3) is 0 Å². The highest BCUT2D eigenvalue weighted by Gasteiger charge is 2.14. The fourth-order valence-corrected chi connectivity index (χ4v) is 2.15. The van der Waals surface area contributed by atoms with Crippen molar-refractivity contribution in [2.24, 2.45) is 0 Å². The quantitative estimate of drug-likeness (QED) is 0.641. The average Bonchev–Trinajstić information content (AvgIpc) is 2.49. The Balaban J connectivity index is 2.10. The summed E-state index contributed by atoms with van der Waals surface area (Å²) < 4.78 is 13.9. The number of benzene rings is 2. The van der Waals surface area contributed by atoms with Crippen LogP contribution in [0, 0.1) is 15.9 Å². The summed E-state index contributed by atoms with van der Waals surface area (Å²) in [6.07, 6.45) is 1.60. The van der Waals surface area contributed by atoms with E-state index in [4.69, 9.17) is 0 Å². The zero-order chi connectivity index (χ0) is 15.2. The van der Waals surface area contributed by atoms with Gasteiger partial charge in [0.15, 0.2) is 5.82 Å². The lowest BCUT2D eigenvalue weighted by Gasteiger charge is -2.18. The molecule has 0 aliphatic heterocycles. The van der Waals surface area contributed by atoms with Crippen LogP contribution in [-0.2, 0) is 6.42 Å². The molecule has 0 aromatic heterocycles. The molecule has 2 aromatic rings. The van der Waals surface area contributed by atoms with Gasteiger partial charge in [-0.25, -0.2) is 4.39 Å². The first-order chi connectivity index (χ1) is 10.1. The molecule has 110 valence electrons. The summed E-state index contributed by atoms with van der Waals surface area (Å²) in [6, 6.07) is 13.7. The molecule has 0 heterocycles. The van der Waals surface area contributed by atoms with Gasteiger partial charge in [0.05, 0.1) is 16.7 Å². The summed E-state index contributed by atoms with van der Waals surface area (Å²) in [6.45, 7) is 2.02. The van der Waals surface area contributed by atoms with Gasteiger partial charge in [-0.15, -0.1) is 0 Å². The smallest absolute Gasteiger partial charge is 0.272 e. The Morgan fingerprint density at radius 2 is 1.95 bits per heavy atom. The summed E-state index contributed by atoms with van der Waals surface area (Å²) in [5.74, 6) is -0.601. The van der Waals surface area contributed by atoms with Crippen LogP contribution in [0.3, 0.4) is 0 Å². The maximum Gasteiger partial charge on any atom is 0.272 e. The number of hydrogen-bond donors (Lipinski definition) is 1. The first-order valence-corrected chi connectivity index (χ1v) is 6.84. The van der Waals surface area contributed by atoms with Gasteiger partial charge in [0.2, 0.25) is 0 Å². The number of anilines is 1. The molecule has 4 nitrogen and oxygen atoms in total. The third-order valence-corrected chi connectivity index (χ3v) is 3.34. The third-order valence-electron chi connectivity index (χ3n) is 3.34. The van der Waals surface area contributed by atoms with Crippen molar-refractivity contribution in [3.63, 3.8) is 0 Å². The zero-order valence-corrected chi connectivity index (χ0v) is 11.8. The maximum absolute atomic E-state index is 13.9. The number of nitrogens with one attached hydrogen (secondary N) is 1. The predicted molar refractivity (Wildman–Crippen MR) is 80.9 cm³/mol. The van der Waals surface area contributed by atoms with Crippen molar-refractivity contribution in [2.75, 3.05) is 5.32 Å². The standard InChI is InChI=1S/C16H17FN2O2/c1-2-13(10-12-6-4-3-5-7-12)18-16-9-8-14(19(20)21)11-15(16)17/h3-9,11,13,18H,2,10H2,1H3. The molecule has 21 heavy (non-hydrogen) atoms. The lowest BCUT2D eigenvalue weighted by atomic mass is 10.0. The molecular formula is C16H17FN2O2. The molecule has 0 aliphatic carbocycles. The topological polar surface area (TPSA) is 55.2 Å². The van der Waals surface area contributed by atoms with Crippen LogP contribution in [0.15, 0.2) is 48.5 Å². The molecule has 2 aromatic carbocycles. The molecule has 1 N–H and O–H groups in total. The van der Waals surface area contributed by atoms with Gasteiger partial charge in [0, 0.05) is 12.1 Å². The van der Waals surface area contributed by atoms with Crippen LogP contribution in [0.4, 0.5) is 15.8 Å². The van der Waals surface area contributed by atoms with Crippen molar-refractivity contribution in [1.82, 2.24) is 0 Å². The molecule has 0 saturated carbocycles. The predicted octanol–water partition coefficient (Wildman–Crippen LogP) is 4.17. The van der Waals surface area contributed by atoms with Gasteiger partial charge < -0.3 is 5.32 Å². The second kappa shape index (κ2) is 6.83. The van der Waals surface area contributed by atoms with Crippen molar-refractivity contribution < 1.29 is 9.31 Å². The van der Waals surface area contributed by atoms with Gasteiger partial charge in [0.25, 0.3) is 5.69 Å². The van der Waals surface area contributed by atoms with Crippen molar-refractivity contribution >= 4 is 11.4 Å². The average molecular weight is 288 g/mol. The molecule has 0 fully saturated rings. The molecule has 1 atom stereocenters. The maximum atomic E-state index is 13.9. The Kier molecular flexibility index (Phi) is 4.87. The van der Waals surface area contributed by atoms with Gasteiger partial charge in [-0.3, -0.25) is 10.1 Å². The lowest BCUT2D eigenvalue weighted by molar-refractivity contribution is -0.385. The monoisotopic (exact) mass is 288 g/mol. The number of halogens is 1. The van der Waals surface area contributed by atoms with E-state index >= 15 is 0 Å². The van der Waals surface area contributed by atoms with E-state index in [0.717, 1.165) is 18.9 Å². The van der Waals surface area contributed by atoms with E-state index in [-0.39, 0.29) is 11.7 Å². The van der Waals surface area contributed by atoms with Crippen molar-refractivity contribution in [3.05, 3.63) is 70.0 Å². The van der Waals surface area contributed by atoms with Crippen molar-refractivity contribution in [1.29, 1.82) is 0 Å². The fourth-order valence-electron chi connectivity index (χ4n) is 2.15. The molecule has 0 radical (unpaired) electrons. The number of rotatable bonds is 6. The fraction of sp³-hybridized carbons (Fsp3) is 0.250. The molecule has 0 bridgehead atoms. The number of nitro groups is 1. The van der Waals surface area contributed by atoms with Gasteiger partial charge >= 0.3 is 0 Å². The highest BCUT2D eigenvalue weighted by atomic mass is 19.1. The number of hydrogen-bond acceptors (Lipinski definition) is 3. The van der Waals surface area contributed by atoms with E-state index in [2.05, 4.69) is 5.32 Å². The molecule has 0 saturated heterocycles. The molecule has 5 heteroatoms. The Morgan fingerprint density at radius 3 is 2.52 bits per heavy atom.